The number of aromatic nitrogens is 1. The van der Waals surface area contributed by atoms with Crippen molar-refractivity contribution in [3.63, 3.8) is 0 Å². The van der Waals surface area contributed by atoms with Crippen LogP contribution in [0.25, 0.3) is 10.2 Å². The van der Waals surface area contributed by atoms with Crippen LogP contribution in [-0.2, 0) is 27.6 Å². The fourth-order valence-electron chi connectivity index (χ4n) is 3.35. The molecule has 0 unspecified atom stereocenters. The molecule has 0 radical (unpaired) electrons. The van der Waals surface area contributed by atoms with E-state index in [0.717, 1.165) is 21.3 Å². The van der Waals surface area contributed by atoms with Gasteiger partial charge in [0.25, 0.3) is 0 Å². The Kier molecular flexibility index (Phi) is 6.17. The summed E-state index contributed by atoms with van der Waals surface area (Å²) in [5.41, 5.74) is 2.67. The molecule has 1 amide bonds. The molecule has 4 rings (SSSR count). The summed E-state index contributed by atoms with van der Waals surface area (Å²) in [6.45, 7) is 5.57. The number of para-hydroxylation sites is 1. The molecule has 0 spiro atoms. The number of carbonyl (C=O) groups is 1. The molecular weight excluding hydrogens is 444 g/mol. The van der Waals surface area contributed by atoms with Crippen molar-refractivity contribution >= 4 is 42.4 Å². The van der Waals surface area contributed by atoms with Crippen LogP contribution >= 0.6 is 11.3 Å². The molecule has 8 heteroatoms. The topological polar surface area (TPSA) is 80.5 Å². The van der Waals surface area contributed by atoms with Crippen molar-refractivity contribution in [1.29, 1.82) is 0 Å². The zero-order chi connectivity index (χ0) is 22.9. The zero-order valence-electron chi connectivity index (χ0n) is 18.1. The normalized spacial score (nSPS) is 11.9. The van der Waals surface area contributed by atoms with Gasteiger partial charge in [0.2, 0.25) is 5.91 Å². The molecule has 0 atom stereocenters. The highest BCUT2D eigenvalue weighted by Gasteiger charge is 2.23. The van der Waals surface area contributed by atoms with Crippen LogP contribution in [0.2, 0.25) is 0 Å². The van der Waals surface area contributed by atoms with Crippen LogP contribution in [0, 0.1) is 6.92 Å². The lowest BCUT2D eigenvalue weighted by Gasteiger charge is -2.19. The predicted molar refractivity (Wildman–Crippen MR) is 127 cm³/mol. The number of rotatable bonds is 7. The molecule has 0 saturated heterocycles. The van der Waals surface area contributed by atoms with Crippen LogP contribution in [0.5, 0.6) is 0 Å². The van der Waals surface area contributed by atoms with Crippen LogP contribution in [0.15, 0.2) is 70.2 Å². The van der Waals surface area contributed by atoms with Gasteiger partial charge in [0.15, 0.2) is 15.0 Å². The van der Waals surface area contributed by atoms with E-state index in [2.05, 4.69) is 0 Å². The van der Waals surface area contributed by atoms with Crippen molar-refractivity contribution in [1.82, 2.24) is 4.98 Å². The molecule has 0 aliphatic rings. The Labute approximate surface area is 191 Å². The van der Waals surface area contributed by atoms with Crippen molar-refractivity contribution in [2.45, 2.75) is 43.9 Å². The summed E-state index contributed by atoms with van der Waals surface area (Å²) in [6.07, 6.45) is 1.70. The van der Waals surface area contributed by atoms with E-state index in [1.165, 1.54) is 11.3 Å². The maximum absolute atomic E-state index is 13.3. The Hall–Kier alpha value is -2.97. The van der Waals surface area contributed by atoms with Crippen LogP contribution in [0.1, 0.15) is 30.7 Å². The third-order valence-electron chi connectivity index (χ3n) is 5.26. The molecule has 0 aliphatic heterocycles. The first kappa shape index (κ1) is 22.2. The second-order valence-corrected chi connectivity index (χ2v) is 11.4. The first-order chi connectivity index (χ1) is 15.3. The van der Waals surface area contributed by atoms with E-state index in [4.69, 9.17) is 9.40 Å². The van der Waals surface area contributed by atoms with Gasteiger partial charge in [0.1, 0.15) is 5.76 Å². The SMILES string of the molecule is Cc1cccc2sc(N(Cc3ccco3)C(=O)Cc3ccc(S(=O)(=O)C(C)C)cc3)nc12. The smallest absolute Gasteiger partial charge is 0.233 e. The Balaban J connectivity index is 1.62. The number of carbonyl (C=O) groups excluding carboxylic acids is 1. The average molecular weight is 469 g/mol. The number of anilines is 1. The number of sulfone groups is 1. The number of thiazole rings is 1. The van der Waals surface area contributed by atoms with E-state index in [1.54, 1.807) is 55.3 Å². The maximum Gasteiger partial charge on any atom is 0.233 e. The lowest BCUT2D eigenvalue weighted by atomic mass is 10.1. The van der Waals surface area contributed by atoms with Gasteiger partial charge in [-0.15, -0.1) is 0 Å². The van der Waals surface area contributed by atoms with Crippen molar-refractivity contribution in [3.8, 4) is 0 Å². The van der Waals surface area contributed by atoms with Crippen molar-refractivity contribution in [2.24, 2.45) is 0 Å². The van der Waals surface area contributed by atoms with E-state index in [-0.39, 0.29) is 23.8 Å². The third-order valence-corrected chi connectivity index (χ3v) is 8.48. The molecule has 0 fully saturated rings. The minimum atomic E-state index is -3.35. The molecule has 0 saturated carbocycles. The van der Waals surface area contributed by atoms with Gasteiger partial charge in [-0.1, -0.05) is 35.6 Å². The summed E-state index contributed by atoms with van der Waals surface area (Å²) in [4.78, 5) is 19.9. The van der Waals surface area contributed by atoms with Gasteiger partial charge >= 0.3 is 0 Å². The largest absolute Gasteiger partial charge is 0.467 e. The van der Waals surface area contributed by atoms with Gasteiger partial charge in [-0.05, 0) is 62.2 Å². The van der Waals surface area contributed by atoms with E-state index in [9.17, 15) is 13.2 Å². The molecule has 0 bridgehead atoms. The van der Waals surface area contributed by atoms with E-state index >= 15 is 0 Å². The summed E-state index contributed by atoms with van der Waals surface area (Å²) < 4.78 is 31.2. The van der Waals surface area contributed by atoms with Crippen molar-refractivity contribution in [2.75, 3.05) is 4.90 Å². The second-order valence-electron chi connectivity index (χ2n) is 7.89. The Morgan fingerprint density at radius 1 is 1.09 bits per heavy atom. The van der Waals surface area contributed by atoms with Crippen LogP contribution < -0.4 is 4.90 Å². The molecule has 2 heterocycles. The standard InChI is InChI=1S/C24H24N2O4S2/c1-16(2)32(28,29)20-11-9-18(10-12-20)14-22(27)26(15-19-7-5-13-30-19)24-25-23-17(3)6-4-8-21(23)31-24/h4-13,16H,14-15H2,1-3H3. The molecule has 166 valence electrons. The summed E-state index contributed by atoms with van der Waals surface area (Å²) in [5, 5.41) is 0.107. The van der Waals surface area contributed by atoms with E-state index in [1.807, 2.05) is 31.2 Å². The summed E-state index contributed by atoms with van der Waals surface area (Å²) in [5.74, 6) is 0.519. The van der Waals surface area contributed by atoms with Crippen LogP contribution in [0.4, 0.5) is 5.13 Å². The lowest BCUT2D eigenvalue weighted by Crippen LogP contribution is -2.31. The predicted octanol–water partition coefficient (Wildman–Crippen LogP) is 5.16. The van der Waals surface area contributed by atoms with Crippen LogP contribution in [0.3, 0.4) is 0 Å². The highest BCUT2D eigenvalue weighted by molar-refractivity contribution is 7.92. The Morgan fingerprint density at radius 3 is 2.47 bits per heavy atom. The van der Waals surface area contributed by atoms with Gasteiger partial charge in [-0.2, -0.15) is 0 Å². The van der Waals surface area contributed by atoms with Crippen molar-refractivity contribution < 1.29 is 17.6 Å². The Bertz CT molecular complexity index is 1340. The lowest BCUT2D eigenvalue weighted by molar-refractivity contribution is -0.118. The number of fused-ring (bicyclic) bond motifs is 1. The average Bonchev–Trinajstić information content (AvgIpc) is 3.42. The van der Waals surface area contributed by atoms with E-state index in [0.29, 0.717) is 10.9 Å². The molecule has 2 aromatic heterocycles. The number of hydrogen-bond acceptors (Lipinski definition) is 6. The van der Waals surface area contributed by atoms with Gasteiger partial charge < -0.3 is 4.42 Å². The first-order valence-corrected chi connectivity index (χ1v) is 12.6. The molecule has 0 N–H and O–H groups in total. The summed E-state index contributed by atoms with van der Waals surface area (Å²) >= 11 is 1.46. The number of furan rings is 1. The summed E-state index contributed by atoms with van der Waals surface area (Å²) in [7, 11) is -3.35. The number of aryl methyl sites for hydroxylation is 1. The molecule has 6 nitrogen and oxygen atoms in total. The number of benzene rings is 2. The monoisotopic (exact) mass is 468 g/mol. The number of amides is 1. The number of hydrogen-bond donors (Lipinski definition) is 0. The van der Waals surface area contributed by atoms with E-state index < -0.39 is 15.1 Å². The highest BCUT2D eigenvalue weighted by atomic mass is 32.2. The van der Waals surface area contributed by atoms with Gasteiger partial charge in [-0.25, -0.2) is 13.4 Å². The van der Waals surface area contributed by atoms with Gasteiger partial charge in [0.05, 0.1) is 39.6 Å². The summed E-state index contributed by atoms with van der Waals surface area (Å²) in [6, 6.07) is 16.1. The van der Waals surface area contributed by atoms with Crippen LogP contribution in [-0.4, -0.2) is 24.6 Å². The molecule has 2 aromatic carbocycles. The molecular formula is C24H24N2O4S2. The zero-order valence-corrected chi connectivity index (χ0v) is 19.7. The van der Waals surface area contributed by atoms with Gasteiger partial charge in [0, 0.05) is 0 Å². The third kappa shape index (κ3) is 4.47. The molecule has 4 aromatic rings. The molecule has 32 heavy (non-hydrogen) atoms. The maximum atomic E-state index is 13.3. The fraction of sp³-hybridized carbons (Fsp3) is 0.250. The minimum Gasteiger partial charge on any atom is -0.467 e. The quantitative estimate of drug-likeness (QED) is 0.374. The van der Waals surface area contributed by atoms with Crippen molar-refractivity contribution in [3.05, 3.63) is 77.7 Å². The molecule has 0 aliphatic carbocycles. The minimum absolute atomic E-state index is 0.123. The highest BCUT2D eigenvalue weighted by Crippen LogP contribution is 2.32. The second kappa shape index (κ2) is 8.88. The number of nitrogens with zero attached hydrogens (tertiary/aromatic N) is 2. The van der Waals surface area contributed by atoms with Gasteiger partial charge in [-0.3, -0.25) is 9.69 Å². The fourth-order valence-corrected chi connectivity index (χ4v) is 5.47. The first-order valence-electron chi connectivity index (χ1n) is 10.3. The Morgan fingerprint density at radius 2 is 1.84 bits per heavy atom.